The first-order valence-electron chi connectivity index (χ1n) is 3.26. The molecule has 1 aromatic rings. The summed E-state index contributed by atoms with van der Waals surface area (Å²) in [6.07, 6.45) is 0. The number of aryl methyl sites for hydroxylation is 1. The predicted molar refractivity (Wildman–Crippen MR) is 45.2 cm³/mol. The molecular formula is C7H9NO3S. The molecule has 0 aliphatic rings. The molecular weight excluding hydrogens is 178 g/mol. The van der Waals surface area contributed by atoms with Crippen LogP contribution in [0, 0.1) is 6.92 Å². The SMILES string of the molecule is Cc1ccc(OS(=O)ON)cc1. The van der Waals surface area contributed by atoms with Gasteiger partial charge in [0, 0.05) is 0 Å². The smallest absolute Gasteiger partial charge is 0.377 e. The van der Waals surface area contributed by atoms with Gasteiger partial charge in [0.05, 0.1) is 0 Å². The Morgan fingerprint density at radius 3 is 2.42 bits per heavy atom. The van der Waals surface area contributed by atoms with Crippen molar-refractivity contribution in [1.29, 1.82) is 0 Å². The summed E-state index contributed by atoms with van der Waals surface area (Å²) in [4.78, 5) is 0. The van der Waals surface area contributed by atoms with Crippen molar-refractivity contribution in [3.63, 3.8) is 0 Å². The highest BCUT2D eigenvalue weighted by atomic mass is 32.2. The fourth-order valence-corrected chi connectivity index (χ4v) is 1.000. The first-order valence-corrected chi connectivity index (χ1v) is 4.26. The number of nitrogens with two attached hydrogens (primary N) is 1. The molecule has 12 heavy (non-hydrogen) atoms. The minimum atomic E-state index is -1.91. The van der Waals surface area contributed by atoms with Crippen LogP contribution in [-0.4, -0.2) is 4.21 Å². The summed E-state index contributed by atoms with van der Waals surface area (Å²) in [6.45, 7) is 1.94. The van der Waals surface area contributed by atoms with Crippen molar-refractivity contribution >= 4 is 11.4 Å². The highest BCUT2D eigenvalue weighted by Crippen LogP contribution is 2.12. The Balaban J connectivity index is 2.64. The van der Waals surface area contributed by atoms with E-state index in [-0.39, 0.29) is 0 Å². The Hall–Kier alpha value is -0.910. The van der Waals surface area contributed by atoms with E-state index in [4.69, 9.17) is 4.18 Å². The average Bonchev–Trinajstić information content (AvgIpc) is 2.09. The summed E-state index contributed by atoms with van der Waals surface area (Å²) in [7, 11) is 0. The van der Waals surface area contributed by atoms with Crippen molar-refractivity contribution in [2.75, 3.05) is 0 Å². The highest BCUT2D eigenvalue weighted by molar-refractivity contribution is 7.75. The van der Waals surface area contributed by atoms with Gasteiger partial charge in [0.15, 0.2) is 0 Å². The summed E-state index contributed by atoms with van der Waals surface area (Å²) in [5.41, 5.74) is 1.10. The first kappa shape index (κ1) is 9.18. The lowest BCUT2D eigenvalue weighted by Crippen LogP contribution is -2.09. The predicted octanol–water partition coefficient (Wildman–Crippen LogP) is 0.843. The van der Waals surface area contributed by atoms with E-state index in [9.17, 15) is 4.21 Å². The van der Waals surface area contributed by atoms with E-state index in [1.165, 1.54) is 0 Å². The van der Waals surface area contributed by atoms with Crippen LogP contribution in [-0.2, 0) is 15.6 Å². The molecule has 1 atom stereocenters. The molecule has 0 aliphatic heterocycles. The summed E-state index contributed by atoms with van der Waals surface area (Å²) in [5.74, 6) is 5.09. The standard InChI is InChI=1S/C7H9NO3S/c1-6-2-4-7(5-3-6)10-12(9)11-8/h2-5H,8H2,1H3. The van der Waals surface area contributed by atoms with E-state index < -0.39 is 11.4 Å². The molecule has 0 aliphatic carbocycles. The molecule has 0 fully saturated rings. The van der Waals surface area contributed by atoms with Crippen molar-refractivity contribution in [2.24, 2.45) is 5.90 Å². The molecule has 1 unspecified atom stereocenters. The first-order chi connectivity index (χ1) is 5.72. The summed E-state index contributed by atoms with van der Waals surface area (Å²) in [5, 5.41) is 0. The van der Waals surface area contributed by atoms with Crippen molar-refractivity contribution in [1.82, 2.24) is 0 Å². The van der Waals surface area contributed by atoms with Gasteiger partial charge >= 0.3 is 11.4 Å². The topological polar surface area (TPSA) is 61.5 Å². The normalized spacial score (nSPS) is 12.5. The average molecular weight is 187 g/mol. The number of hydrogen-bond donors (Lipinski definition) is 1. The van der Waals surface area contributed by atoms with Gasteiger partial charge in [-0.3, -0.25) is 0 Å². The third-order valence-corrected chi connectivity index (χ3v) is 1.75. The van der Waals surface area contributed by atoms with Crippen LogP contribution in [0.4, 0.5) is 0 Å². The van der Waals surface area contributed by atoms with E-state index in [0.29, 0.717) is 5.75 Å². The van der Waals surface area contributed by atoms with E-state index >= 15 is 0 Å². The lowest BCUT2D eigenvalue weighted by molar-refractivity contribution is 0.324. The number of hydrogen-bond acceptors (Lipinski definition) is 4. The van der Waals surface area contributed by atoms with Gasteiger partial charge in [0.1, 0.15) is 5.75 Å². The number of rotatable bonds is 3. The fraction of sp³-hybridized carbons (Fsp3) is 0.143. The Morgan fingerprint density at radius 1 is 1.33 bits per heavy atom. The molecule has 0 saturated carbocycles. The molecule has 0 saturated heterocycles. The largest absolute Gasteiger partial charge is 0.379 e. The molecule has 1 rings (SSSR count). The van der Waals surface area contributed by atoms with E-state index in [2.05, 4.69) is 10.2 Å². The second-order valence-electron chi connectivity index (χ2n) is 2.20. The van der Waals surface area contributed by atoms with Crippen LogP contribution >= 0.6 is 0 Å². The third-order valence-electron chi connectivity index (χ3n) is 1.26. The summed E-state index contributed by atoms with van der Waals surface area (Å²) >= 11 is -1.91. The van der Waals surface area contributed by atoms with Gasteiger partial charge in [0.2, 0.25) is 0 Å². The lowest BCUT2D eigenvalue weighted by Gasteiger charge is -2.00. The van der Waals surface area contributed by atoms with E-state index in [0.717, 1.165) is 5.56 Å². The highest BCUT2D eigenvalue weighted by Gasteiger charge is 1.99. The molecule has 0 spiro atoms. The maximum absolute atomic E-state index is 10.6. The zero-order valence-electron chi connectivity index (χ0n) is 6.52. The Labute approximate surface area is 73.1 Å². The Morgan fingerprint density at radius 2 is 1.92 bits per heavy atom. The van der Waals surface area contributed by atoms with Crippen LogP contribution in [0.3, 0.4) is 0 Å². The lowest BCUT2D eigenvalue weighted by atomic mass is 10.2. The molecule has 1 aromatic carbocycles. The van der Waals surface area contributed by atoms with Crippen LogP contribution < -0.4 is 10.1 Å². The molecule has 4 nitrogen and oxygen atoms in total. The second-order valence-corrected chi connectivity index (χ2v) is 2.96. The van der Waals surface area contributed by atoms with Crippen molar-refractivity contribution in [3.8, 4) is 5.75 Å². The second kappa shape index (κ2) is 4.20. The van der Waals surface area contributed by atoms with Gasteiger partial charge < -0.3 is 4.18 Å². The van der Waals surface area contributed by atoms with Gasteiger partial charge in [-0.1, -0.05) is 17.7 Å². The Kier molecular flexibility index (Phi) is 3.21. The summed E-state index contributed by atoms with van der Waals surface area (Å²) in [6, 6.07) is 7.05. The van der Waals surface area contributed by atoms with Crippen molar-refractivity contribution in [2.45, 2.75) is 6.92 Å². The monoisotopic (exact) mass is 187 g/mol. The van der Waals surface area contributed by atoms with E-state index in [1.807, 2.05) is 19.1 Å². The fourth-order valence-electron chi connectivity index (χ4n) is 0.692. The molecule has 66 valence electrons. The maximum Gasteiger partial charge on any atom is 0.377 e. The maximum atomic E-state index is 10.6. The number of benzene rings is 1. The molecule has 0 amide bonds. The van der Waals surface area contributed by atoms with Gasteiger partial charge in [-0.05, 0) is 19.1 Å². The molecule has 2 N–H and O–H groups in total. The van der Waals surface area contributed by atoms with Crippen LogP contribution in [0.25, 0.3) is 0 Å². The summed E-state index contributed by atoms with van der Waals surface area (Å²) < 4.78 is 19.3. The van der Waals surface area contributed by atoms with Crippen LogP contribution in [0.2, 0.25) is 0 Å². The van der Waals surface area contributed by atoms with Crippen molar-refractivity contribution < 1.29 is 12.7 Å². The molecule has 0 heterocycles. The van der Waals surface area contributed by atoms with Crippen LogP contribution in [0.1, 0.15) is 5.56 Å². The van der Waals surface area contributed by atoms with Gasteiger partial charge in [-0.15, -0.1) is 0 Å². The van der Waals surface area contributed by atoms with Crippen LogP contribution in [0.5, 0.6) is 5.75 Å². The third kappa shape index (κ3) is 2.61. The van der Waals surface area contributed by atoms with Gasteiger partial charge in [-0.25, -0.2) is 0 Å². The van der Waals surface area contributed by atoms with Crippen molar-refractivity contribution in [3.05, 3.63) is 29.8 Å². The van der Waals surface area contributed by atoms with Gasteiger partial charge in [0.25, 0.3) is 0 Å². The molecule has 0 bridgehead atoms. The zero-order chi connectivity index (χ0) is 8.97. The van der Waals surface area contributed by atoms with E-state index in [1.54, 1.807) is 12.1 Å². The minimum Gasteiger partial charge on any atom is -0.379 e. The molecule has 5 heteroatoms. The molecule has 0 radical (unpaired) electrons. The van der Waals surface area contributed by atoms with Gasteiger partial charge in [-0.2, -0.15) is 14.4 Å². The van der Waals surface area contributed by atoms with Crippen LogP contribution in [0.15, 0.2) is 24.3 Å². The minimum absolute atomic E-state index is 0.462. The Bertz CT molecular complexity index is 272. The zero-order valence-corrected chi connectivity index (χ0v) is 7.34. The quantitative estimate of drug-likeness (QED) is 0.712. The molecule has 0 aromatic heterocycles.